The summed E-state index contributed by atoms with van der Waals surface area (Å²) < 4.78 is 0. The highest BCUT2D eigenvalue weighted by molar-refractivity contribution is 5.78. The van der Waals surface area contributed by atoms with Gasteiger partial charge in [0.1, 0.15) is 0 Å². The Bertz CT molecular complexity index is 301. The fraction of sp³-hybridized carbons (Fsp3) is 0.846. The number of carbonyl (C=O) groups excluding carboxylic acids is 2. The van der Waals surface area contributed by atoms with E-state index in [1.807, 2.05) is 16.7 Å². The molecular weight excluding hydrogens is 244 g/mol. The van der Waals surface area contributed by atoms with Crippen LogP contribution < -0.4 is 5.32 Å². The minimum Gasteiger partial charge on any atom is -0.348 e. The summed E-state index contributed by atoms with van der Waals surface area (Å²) in [6.45, 7) is 7.18. The normalized spacial score (nSPS) is 15.7. The first-order chi connectivity index (χ1) is 9.04. The third-order valence-corrected chi connectivity index (χ3v) is 3.42. The molecule has 6 nitrogen and oxygen atoms in total. The van der Waals surface area contributed by atoms with E-state index in [4.69, 9.17) is 0 Å². The van der Waals surface area contributed by atoms with Crippen molar-refractivity contribution in [1.82, 2.24) is 20.0 Å². The van der Waals surface area contributed by atoms with E-state index in [1.54, 1.807) is 19.0 Å². The molecule has 0 spiro atoms. The number of nitrogens with zero attached hydrogens (tertiary/aromatic N) is 3. The number of amides is 2. The van der Waals surface area contributed by atoms with Crippen molar-refractivity contribution in [2.75, 3.05) is 59.9 Å². The first-order valence-electron chi connectivity index (χ1n) is 6.95. The number of nitrogens with one attached hydrogen (secondary N) is 1. The van der Waals surface area contributed by atoms with E-state index in [9.17, 15) is 9.59 Å². The van der Waals surface area contributed by atoms with Gasteiger partial charge in [0.05, 0.1) is 6.54 Å². The molecule has 0 unspecified atom stereocenters. The number of hydrogen-bond donors (Lipinski definition) is 1. The van der Waals surface area contributed by atoms with E-state index in [-0.39, 0.29) is 11.8 Å². The van der Waals surface area contributed by atoms with Gasteiger partial charge in [-0.1, -0.05) is 6.92 Å². The Labute approximate surface area is 115 Å². The van der Waals surface area contributed by atoms with Crippen LogP contribution in [-0.4, -0.2) is 86.4 Å². The van der Waals surface area contributed by atoms with E-state index in [1.165, 1.54) is 0 Å². The van der Waals surface area contributed by atoms with Gasteiger partial charge in [-0.05, 0) is 6.54 Å². The van der Waals surface area contributed by atoms with Crippen molar-refractivity contribution in [2.24, 2.45) is 0 Å². The SMILES string of the molecule is CCN(CCC(=O)N1CCNCC1)CC(=O)N(C)C. The monoisotopic (exact) mass is 270 g/mol. The summed E-state index contributed by atoms with van der Waals surface area (Å²) in [5.74, 6) is 0.272. The minimum absolute atomic E-state index is 0.0801. The van der Waals surface area contributed by atoms with Crippen molar-refractivity contribution in [3.05, 3.63) is 0 Å². The van der Waals surface area contributed by atoms with Crippen LogP contribution in [0.5, 0.6) is 0 Å². The molecule has 0 saturated carbocycles. The third kappa shape index (κ3) is 5.57. The van der Waals surface area contributed by atoms with Gasteiger partial charge in [-0.3, -0.25) is 14.5 Å². The zero-order valence-electron chi connectivity index (χ0n) is 12.3. The molecule has 0 aromatic rings. The maximum absolute atomic E-state index is 12.0. The highest BCUT2D eigenvalue weighted by Crippen LogP contribution is 2.00. The summed E-state index contributed by atoms with van der Waals surface area (Å²) in [5, 5.41) is 3.23. The predicted octanol–water partition coefficient (Wildman–Crippen LogP) is -0.782. The molecule has 0 bridgehead atoms. The molecule has 2 amide bonds. The summed E-state index contributed by atoms with van der Waals surface area (Å²) in [6.07, 6.45) is 0.495. The molecule has 1 heterocycles. The Hall–Kier alpha value is -1.14. The summed E-state index contributed by atoms with van der Waals surface area (Å²) in [6, 6.07) is 0. The van der Waals surface area contributed by atoms with Crippen LogP contribution in [0.2, 0.25) is 0 Å². The van der Waals surface area contributed by atoms with Crippen LogP contribution >= 0.6 is 0 Å². The van der Waals surface area contributed by atoms with E-state index < -0.39 is 0 Å². The maximum atomic E-state index is 12.0. The standard InChI is InChI=1S/C13H26N4O2/c1-4-16(11-13(19)15(2)3)8-5-12(18)17-9-6-14-7-10-17/h14H,4-11H2,1-3H3. The highest BCUT2D eigenvalue weighted by atomic mass is 16.2. The van der Waals surface area contributed by atoms with Crippen LogP contribution in [0.25, 0.3) is 0 Å². The summed E-state index contributed by atoms with van der Waals surface area (Å²) >= 11 is 0. The van der Waals surface area contributed by atoms with Crippen molar-refractivity contribution >= 4 is 11.8 Å². The van der Waals surface area contributed by atoms with Gasteiger partial charge in [0.15, 0.2) is 0 Å². The third-order valence-electron chi connectivity index (χ3n) is 3.42. The van der Waals surface area contributed by atoms with E-state index >= 15 is 0 Å². The smallest absolute Gasteiger partial charge is 0.236 e. The number of piperazine rings is 1. The second kappa shape index (κ2) is 8.12. The lowest BCUT2D eigenvalue weighted by atomic mass is 10.3. The van der Waals surface area contributed by atoms with Gasteiger partial charge in [0.25, 0.3) is 0 Å². The molecule has 0 radical (unpaired) electrons. The molecule has 0 atom stereocenters. The average molecular weight is 270 g/mol. The van der Waals surface area contributed by atoms with Gasteiger partial charge in [-0.25, -0.2) is 0 Å². The van der Waals surface area contributed by atoms with Crippen molar-refractivity contribution in [3.8, 4) is 0 Å². The van der Waals surface area contributed by atoms with Gasteiger partial charge in [0, 0.05) is 53.2 Å². The molecule has 1 N–H and O–H groups in total. The van der Waals surface area contributed by atoms with Gasteiger partial charge >= 0.3 is 0 Å². The average Bonchev–Trinajstić information content (AvgIpc) is 2.43. The number of carbonyl (C=O) groups is 2. The van der Waals surface area contributed by atoms with Crippen LogP contribution in [0.4, 0.5) is 0 Å². The quantitative estimate of drug-likeness (QED) is 0.688. The fourth-order valence-electron chi connectivity index (χ4n) is 2.01. The van der Waals surface area contributed by atoms with E-state index in [0.29, 0.717) is 19.5 Å². The molecule has 0 aromatic carbocycles. The Balaban J connectivity index is 2.31. The predicted molar refractivity (Wildman–Crippen MR) is 74.9 cm³/mol. The maximum Gasteiger partial charge on any atom is 0.236 e. The van der Waals surface area contributed by atoms with Crippen LogP contribution in [0, 0.1) is 0 Å². The van der Waals surface area contributed by atoms with Crippen LogP contribution in [0.1, 0.15) is 13.3 Å². The van der Waals surface area contributed by atoms with Crippen LogP contribution in [0.15, 0.2) is 0 Å². The summed E-state index contributed by atoms with van der Waals surface area (Å²) in [5.41, 5.74) is 0. The fourth-order valence-corrected chi connectivity index (χ4v) is 2.01. The number of hydrogen-bond acceptors (Lipinski definition) is 4. The van der Waals surface area contributed by atoms with Crippen molar-refractivity contribution < 1.29 is 9.59 Å². The first kappa shape index (κ1) is 15.9. The van der Waals surface area contributed by atoms with Crippen molar-refractivity contribution in [2.45, 2.75) is 13.3 Å². The zero-order chi connectivity index (χ0) is 14.3. The van der Waals surface area contributed by atoms with Gasteiger partial charge in [-0.2, -0.15) is 0 Å². The van der Waals surface area contributed by atoms with E-state index in [0.717, 1.165) is 32.7 Å². The lowest BCUT2D eigenvalue weighted by molar-refractivity contribution is -0.133. The largest absolute Gasteiger partial charge is 0.348 e. The topological polar surface area (TPSA) is 55.9 Å². The summed E-state index contributed by atoms with van der Waals surface area (Å²) in [7, 11) is 3.50. The first-order valence-corrected chi connectivity index (χ1v) is 6.95. The molecule has 19 heavy (non-hydrogen) atoms. The molecule has 6 heteroatoms. The molecule has 1 saturated heterocycles. The second-order valence-electron chi connectivity index (χ2n) is 5.04. The van der Waals surface area contributed by atoms with E-state index in [2.05, 4.69) is 5.32 Å². The van der Waals surface area contributed by atoms with Gasteiger partial charge in [0.2, 0.25) is 11.8 Å². The second-order valence-corrected chi connectivity index (χ2v) is 5.04. The zero-order valence-corrected chi connectivity index (χ0v) is 12.3. The molecule has 1 rings (SSSR count). The lowest BCUT2D eigenvalue weighted by Crippen LogP contribution is -2.47. The molecular formula is C13H26N4O2. The molecule has 0 aromatic heterocycles. The Morgan fingerprint density at radius 2 is 1.84 bits per heavy atom. The summed E-state index contributed by atoms with van der Waals surface area (Å²) in [4.78, 5) is 29.2. The van der Waals surface area contributed by atoms with Crippen LogP contribution in [0.3, 0.4) is 0 Å². The molecule has 1 fully saturated rings. The van der Waals surface area contributed by atoms with Crippen molar-refractivity contribution in [3.63, 3.8) is 0 Å². The molecule has 110 valence electrons. The van der Waals surface area contributed by atoms with Gasteiger partial charge < -0.3 is 15.1 Å². The Morgan fingerprint density at radius 1 is 1.21 bits per heavy atom. The molecule has 1 aliphatic rings. The highest BCUT2D eigenvalue weighted by Gasteiger charge is 2.17. The van der Waals surface area contributed by atoms with Crippen LogP contribution in [-0.2, 0) is 9.59 Å². The minimum atomic E-state index is 0.0801. The van der Waals surface area contributed by atoms with Crippen molar-refractivity contribution in [1.29, 1.82) is 0 Å². The van der Waals surface area contributed by atoms with Gasteiger partial charge in [-0.15, -0.1) is 0 Å². The molecule has 1 aliphatic heterocycles. The number of likely N-dealkylation sites (N-methyl/N-ethyl adjacent to an activating group) is 2. The Morgan fingerprint density at radius 3 is 2.37 bits per heavy atom. The lowest BCUT2D eigenvalue weighted by Gasteiger charge is -2.28. The molecule has 0 aliphatic carbocycles. The Kier molecular flexibility index (Phi) is 6.80. The number of rotatable bonds is 6.